The summed E-state index contributed by atoms with van der Waals surface area (Å²) in [6.45, 7) is 7.04. The van der Waals surface area contributed by atoms with Crippen LogP contribution < -0.4 is 9.80 Å². The molecule has 3 heteroatoms. The van der Waals surface area contributed by atoms with Crippen molar-refractivity contribution in [2.45, 2.75) is 13.1 Å². The molecule has 3 nitrogen and oxygen atoms in total. The fraction of sp³-hybridized carbons (Fsp3) is 0.316. The first-order chi connectivity index (χ1) is 10.8. The van der Waals surface area contributed by atoms with E-state index in [9.17, 15) is 0 Å². The average Bonchev–Trinajstić information content (AvgIpc) is 2.58. The van der Waals surface area contributed by atoms with Crippen molar-refractivity contribution >= 4 is 0 Å². The van der Waals surface area contributed by atoms with Gasteiger partial charge >= 0.3 is 0 Å². The van der Waals surface area contributed by atoms with Crippen LogP contribution in [0.5, 0.6) is 0 Å². The summed E-state index contributed by atoms with van der Waals surface area (Å²) < 4.78 is 0. The number of hydrogen-bond donors (Lipinski definition) is 2. The van der Waals surface area contributed by atoms with Crippen molar-refractivity contribution in [3.63, 3.8) is 0 Å². The second-order valence-electron chi connectivity index (χ2n) is 6.15. The van der Waals surface area contributed by atoms with E-state index in [-0.39, 0.29) is 0 Å². The predicted molar refractivity (Wildman–Crippen MR) is 86.4 cm³/mol. The molecule has 0 aliphatic carbocycles. The zero-order valence-corrected chi connectivity index (χ0v) is 12.9. The van der Waals surface area contributed by atoms with E-state index in [4.69, 9.17) is 5.26 Å². The number of quaternary nitrogens is 2. The van der Waals surface area contributed by atoms with Crippen LogP contribution in [-0.2, 0) is 13.1 Å². The lowest BCUT2D eigenvalue weighted by atomic mass is 10.1. The van der Waals surface area contributed by atoms with E-state index < -0.39 is 0 Å². The maximum absolute atomic E-state index is 8.98. The number of nitrogens with zero attached hydrogens (tertiary/aromatic N) is 1. The molecule has 2 aromatic carbocycles. The first-order valence-corrected chi connectivity index (χ1v) is 8.03. The molecule has 0 atom stereocenters. The molecule has 0 saturated carbocycles. The Labute approximate surface area is 132 Å². The Morgan fingerprint density at radius 2 is 1.36 bits per heavy atom. The molecule has 0 bridgehead atoms. The minimum absolute atomic E-state index is 0.769. The van der Waals surface area contributed by atoms with Gasteiger partial charge in [0.1, 0.15) is 39.3 Å². The third kappa shape index (κ3) is 3.94. The quantitative estimate of drug-likeness (QED) is 0.820. The molecular formula is C19H23N3+2. The zero-order valence-electron chi connectivity index (χ0n) is 12.9. The van der Waals surface area contributed by atoms with Crippen molar-refractivity contribution in [1.82, 2.24) is 0 Å². The Hall–Kier alpha value is -2.15. The molecule has 0 spiro atoms. The highest BCUT2D eigenvalue weighted by Crippen LogP contribution is 2.02. The van der Waals surface area contributed by atoms with Crippen LogP contribution in [0.15, 0.2) is 54.6 Å². The van der Waals surface area contributed by atoms with Crippen molar-refractivity contribution in [3.8, 4) is 6.07 Å². The van der Waals surface area contributed by atoms with Gasteiger partial charge in [-0.3, -0.25) is 0 Å². The standard InChI is InChI=1S/C19H21N3/c20-14-18-7-4-8-19(13-18)16-22-11-9-21(10-12-22)15-17-5-2-1-3-6-17/h1-8,13H,9-12,15-16H2/p+2. The van der Waals surface area contributed by atoms with Gasteiger partial charge in [-0.15, -0.1) is 0 Å². The van der Waals surface area contributed by atoms with Gasteiger partial charge in [-0.1, -0.05) is 42.5 Å². The number of piperazine rings is 1. The Balaban J connectivity index is 1.50. The summed E-state index contributed by atoms with van der Waals surface area (Å²) >= 11 is 0. The Morgan fingerprint density at radius 1 is 0.773 bits per heavy atom. The van der Waals surface area contributed by atoms with Crippen LogP contribution in [0.2, 0.25) is 0 Å². The fourth-order valence-electron chi connectivity index (χ4n) is 3.23. The van der Waals surface area contributed by atoms with Crippen LogP contribution in [0.1, 0.15) is 16.7 Å². The van der Waals surface area contributed by atoms with Gasteiger partial charge in [0.25, 0.3) is 0 Å². The van der Waals surface area contributed by atoms with Gasteiger partial charge in [-0.05, 0) is 12.1 Å². The highest BCUT2D eigenvalue weighted by Gasteiger charge is 2.23. The first kappa shape index (κ1) is 14.8. The molecule has 1 heterocycles. The molecule has 1 aliphatic rings. The lowest BCUT2D eigenvalue weighted by molar-refractivity contribution is -1.02. The summed E-state index contributed by atoms with van der Waals surface area (Å²) in [6.07, 6.45) is 0. The minimum Gasteiger partial charge on any atom is -0.322 e. The minimum atomic E-state index is 0.769. The molecule has 0 amide bonds. The normalized spacial score (nSPS) is 21.2. The third-order valence-electron chi connectivity index (χ3n) is 4.47. The molecular weight excluding hydrogens is 270 g/mol. The summed E-state index contributed by atoms with van der Waals surface area (Å²) in [5.74, 6) is 0. The number of nitrogens with one attached hydrogen (secondary N) is 2. The van der Waals surface area contributed by atoms with Crippen LogP contribution in [0.25, 0.3) is 0 Å². The third-order valence-corrected chi connectivity index (χ3v) is 4.47. The Morgan fingerprint density at radius 3 is 2.00 bits per heavy atom. The summed E-state index contributed by atoms with van der Waals surface area (Å²) in [7, 11) is 0. The topological polar surface area (TPSA) is 32.7 Å². The van der Waals surface area contributed by atoms with E-state index in [0.29, 0.717) is 0 Å². The summed E-state index contributed by atoms with van der Waals surface area (Å²) in [5, 5.41) is 8.98. The van der Waals surface area contributed by atoms with E-state index in [1.165, 1.54) is 37.3 Å². The van der Waals surface area contributed by atoms with Crippen LogP contribution in [0, 0.1) is 11.3 Å². The van der Waals surface area contributed by atoms with Crippen molar-refractivity contribution in [2.24, 2.45) is 0 Å². The van der Waals surface area contributed by atoms with Crippen molar-refractivity contribution < 1.29 is 9.80 Å². The molecule has 22 heavy (non-hydrogen) atoms. The highest BCUT2D eigenvalue weighted by atomic mass is 15.3. The van der Waals surface area contributed by atoms with Crippen molar-refractivity contribution in [1.29, 1.82) is 5.26 Å². The maximum Gasteiger partial charge on any atom is 0.127 e. The Kier molecular flexibility index (Phi) is 4.85. The average molecular weight is 293 g/mol. The first-order valence-electron chi connectivity index (χ1n) is 8.03. The van der Waals surface area contributed by atoms with Gasteiger partial charge in [0, 0.05) is 11.1 Å². The Bertz CT molecular complexity index is 637. The summed E-state index contributed by atoms with van der Waals surface area (Å²) in [5.41, 5.74) is 3.48. The van der Waals surface area contributed by atoms with E-state index in [2.05, 4.69) is 42.5 Å². The molecule has 2 aromatic rings. The van der Waals surface area contributed by atoms with Gasteiger partial charge < -0.3 is 9.80 Å². The summed E-state index contributed by atoms with van der Waals surface area (Å²) in [4.78, 5) is 3.31. The highest BCUT2D eigenvalue weighted by molar-refractivity contribution is 5.32. The van der Waals surface area contributed by atoms with Gasteiger partial charge in [0.15, 0.2) is 0 Å². The fourth-order valence-corrected chi connectivity index (χ4v) is 3.23. The maximum atomic E-state index is 8.98. The molecule has 2 N–H and O–H groups in total. The zero-order chi connectivity index (χ0) is 15.2. The van der Waals surface area contributed by atoms with Gasteiger partial charge in [0.05, 0.1) is 11.6 Å². The van der Waals surface area contributed by atoms with Crippen LogP contribution >= 0.6 is 0 Å². The number of benzene rings is 2. The van der Waals surface area contributed by atoms with E-state index >= 15 is 0 Å². The molecule has 112 valence electrons. The van der Waals surface area contributed by atoms with Crippen LogP contribution in [0.4, 0.5) is 0 Å². The lowest BCUT2D eigenvalue weighted by Crippen LogP contribution is -3.27. The lowest BCUT2D eigenvalue weighted by Gasteiger charge is -2.29. The molecule has 1 aliphatic heterocycles. The van der Waals surface area contributed by atoms with Gasteiger partial charge in [0.2, 0.25) is 0 Å². The molecule has 0 radical (unpaired) electrons. The SMILES string of the molecule is N#Cc1cccc(C[NH+]2CC[NH+](Cc3ccccc3)CC2)c1. The smallest absolute Gasteiger partial charge is 0.127 e. The van der Waals surface area contributed by atoms with Crippen molar-refractivity contribution in [2.75, 3.05) is 26.2 Å². The van der Waals surface area contributed by atoms with Crippen molar-refractivity contribution in [3.05, 3.63) is 71.3 Å². The summed E-state index contributed by atoms with van der Waals surface area (Å²) in [6, 6.07) is 21.0. The monoisotopic (exact) mass is 293 g/mol. The largest absolute Gasteiger partial charge is 0.322 e. The predicted octanol–water partition coefficient (Wildman–Crippen LogP) is 0.0419. The second kappa shape index (κ2) is 7.22. The molecule has 0 aromatic heterocycles. The van der Waals surface area contributed by atoms with Crippen LogP contribution in [0.3, 0.4) is 0 Å². The van der Waals surface area contributed by atoms with E-state index in [1.807, 2.05) is 18.2 Å². The van der Waals surface area contributed by atoms with Gasteiger partial charge in [-0.2, -0.15) is 5.26 Å². The molecule has 3 rings (SSSR count). The van der Waals surface area contributed by atoms with Gasteiger partial charge in [-0.25, -0.2) is 0 Å². The molecule has 1 fully saturated rings. The van der Waals surface area contributed by atoms with Crippen LogP contribution in [-0.4, -0.2) is 26.2 Å². The second-order valence-corrected chi connectivity index (χ2v) is 6.15. The number of rotatable bonds is 4. The molecule has 0 unspecified atom stereocenters. The number of nitriles is 1. The molecule has 1 saturated heterocycles. The number of hydrogen-bond acceptors (Lipinski definition) is 1. The van der Waals surface area contributed by atoms with E-state index in [0.717, 1.165) is 18.7 Å². The van der Waals surface area contributed by atoms with E-state index in [1.54, 1.807) is 9.80 Å².